The third kappa shape index (κ3) is 6.22. The second-order valence-electron chi connectivity index (χ2n) is 10.0. The zero-order valence-corrected chi connectivity index (χ0v) is 25.0. The zero-order valence-electron chi connectivity index (χ0n) is 23.4. The number of fused-ring (bicyclic) bond motifs is 1. The molecule has 0 bridgehead atoms. The van der Waals surface area contributed by atoms with Gasteiger partial charge in [-0.1, -0.05) is 36.4 Å². The molecule has 0 aliphatic carbocycles. The van der Waals surface area contributed by atoms with Crippen LogP contribution in [0, 0.1) is 11.3 Å². The van der Waals surface area contributed by atoms with Crippen LogP contribution in [0.15, 0.2) is 121 Å². The molecular formula is C33H26N6O3S2. The van der Waals surface area contributed by atoms with E-state index in [4.69, 9.17) is 5.26 Å². The number of anilines is 1. The molecule has 1 amide bonds. The third-order valence-corrected chi connectivity index (χ3v) is 9.96. The fourth-order valence-electron chi connectivity index (χ4n) is 4.76. The highest BCUT2D eigenvalue weighted by Gasteiger charge is 2.27. The predicted molar refractivity (Wildman–Crippen MR) is 170 cm³/mol. The van der Waals surface area contributed by atoms with Gasteiger partial charge < -0.3 is 9.88 Å². The first-order chi connectivity index (χ1) is 21.4. The molecule has 3 aromatic carbocycles. The van der Waals surface area contributed by atoms with Crippen LogP contribution in [0.1, 0.15) is 32.1 Å². The van der Waals surface area contributed by atoms with Crippen molar-refractivity contribution in [2.75, 3.05) is 4.31 Å². The molecule has 0 aliphatic rings. The van der Waals surface area contributed by atoms with E-state index in [0.29, 0.717) is 34.9 Å². The lowest BCUT2D eigenvalue weighted by Gasteiger charge is -2.25. The Hall–Kier alpha value is -5.31. The van der Waals surface area contributed by atoms with Crippen molar-refractivity contribution in [1.29, 1.82) is 5.26 Å². The molecule has 218 valence electrons. The Morgan fingerprint density at radius 1 is 0.932 bits per heavy atom. The van der Waals surface area contributed by atoms with Crippen molar-refractivity contribution in [3.05, 3.63) is 143 Å². The number of carbonyl (C=O) groups is 1. The topological polar surface area (TPSA) is 121 Å². The maximum absolute atomic E-state index is 14.1. The van der Waals surface area contributed by atoms with Crippen LogP contribution >= 0.6 is 11.3 Å². The van der Waals surface area contributed by atoms with Gasteiger partial charge in [0.15, 0.2) is 0 Å². The van der Waals surface area contributed by atoms with E-state index in [2.05, 4.69) is 21.4 Å². The highest BCUT2D eigenvalue weighted by molar-refractivity contribution is 7.92. The number of nitrogens with zero attached hydrogens (tertiary/aromatic N) is 5. The van der Waals surface area contributed by atoms with Gasteiger partial charge in [0.05, 0.1) is 45.7 Å². The van der Waals surface area contributed by atoms with Crippen LogP contribution in [0.5, 0.6) is 0 Å². The van der Waals surface area contributed by atoms with Gasteiger partial charge in [0.25, 0.3) is 15.9 Å². The normalized spacial score (nSPS) is 11.2. The Morgan fingerprint density at radius 3 is 2.50 bits per heavy atom. The van der Waals surface area contributed by atoms with Crippen LogP contribution in [-0.4, -0.2) is 28.9 Å². The average Bonchev–Trinajstić information content (AvgIpc) is 3.70. The summed E-state index contributed by atoms with van der Waals surface area (Å²) in [6.45, 7) is 0.842. The lowest BCUT2D eigenvalue weighted by Crippen LogP contribution is -2.31. The molecule has 0 atom stereocenters. The second kappa shape index (κ2) is 12.5. The van der Waals surface area contributed by atoms with Gasteiger partial charge in [-0.15, -0.1) is 11.3 Å². The summed E-state index contributed by atoms with van der Waals surface area (Å²) in [5, 5.41) is 12.8. The van der Waals surface area contributed by atoms with Gasteiger partial charge in [-0.2, -0.15) is 5.26 Å². The van der Waals surface area contributed by atoms with E-state index in [1.807, 2.05) is 34.9 Å². The van der Waals surface area contributed by atoms with E-state index in [-0.39, 0.29) is 17.3 Å². The van der Waals surface area contributed by atoms with Crippen molar-refractivity contribution < 1.29 is 13.2 Å². The number of thiophene rings is 1. The van der Waals surface area contributed by atoms with Crippen molar-refractivity contribution in [3.8, 4) is 6.07 Å². The number of hydrogen-bond acceptors (Lipinski definition) is 7. The Morgan fingerprint density at radius 2 is 1.75 bits per heavy atom. The number of imidazole rings is 1. The molecule has 3 heterocycles. The summed E-state index contributed by atoms with van der Waals surface area (Å²) in [6, 6.07) is 28.6. The van der Waals surface area contributed by atoms with Crippen molar-refractivity contribution in [2.24, 2.45) is 0 Å². The van der Waals surface area contributed by atoms with Crippen LogP contribution in [0.3, 0.4) is 0 Å². The molecule has 0 saturated carbocycles. The average molecular weight is 619 g/mol. The molecule has 11 heteroatoms. The van der Waals surface area contributed by atoms with Crippen LogP contribution in [-0.2, 0) is 29.7 Å². The fraction of sp³-hybridized carbons (Fsp3) is 0.0909. The fourth-order valence-corrected chi connectivity index (χ4v) is 7.16. The molecule has 0 spiro atoms. The van der Waals surface area contributed by atoms with Crippen LogP contribution in [0.25, 0.3) is 10.1 Å². The predicted octanol–water partition coefficient (Wildman–Crippen LogP) is 5.74. The Balaban J connectivity index is 1.31. The summed E-state index contributed by atoms with van der Waals surface area (Å²) in [4.78, 5) is 22.0. The summed E-state index contributed by atoms with van der Waals surface area (Å²) in [5.41, 5.74) is 3.57. The largest absolute Gasteiger partial charge is 0.347 e. The highest BCUT2D eigenvalue weighted by atomic mass is 32.2. The SMILES string of the molecule is N#Cc1ccc(Cn2cncc2CN(c2ccc3sc(C(=O)NCc4cccnc4)cc3c2)S(=O)(=O)c2ccccc2)cc1. The molecule has 6 aromatic rings. The van der Waals surface area contributed by atoms with Crippen molar-refractivity contribution >= 4 is 43.0 Å². The highest BCUT2D eigenvalue weighted by Crippen LogP contribution is 2.33. The summed E-state index contributed by atoms with van der Waals surface area (Å²) >= 11 is 1.35. The number of aromatic nitrogens is 3. The molecule has 3 aromatic heterocycles. The smallest absolute Gasteiger partial charge is 0.264 e. The van der Waals surface area contributed by atoms with E-state index in [9.17, 15) is 13.2 Å². The van der Waals surface area contributed by atoms with Gasteiger partial charge >= 0.3 is 0 Å². The summed E-state index contributed by atoms with van der Waals surface area (Å²) in [5.74, 6) is -0.211. The van der Waals surface area contributed by atoms with E-state index >= 15 is 0 Å². The van der Waals surface area contributed by atoms with Gasteiger partial charge in [-0.05, 0) is 71.1 Å². The van der Waals surface area contributed by atoms with Crippen molar-refractivity contribution in [1.82, 2.24) is 19.9 Å². The molecule has 0 fully saturated rings. The quantitative estimate of drug-likeness (QED) is 0.209. The van der Waals surface area contributed by atoms with E-state index < -0.39 is 10.0 Å². The first-order valence-electron chi connectivity index (χ1n) is 13.7. The van der Waals surface area contributed by atoms with Gasteiger partial charge in [0.1, 0.15) is 0 Å². The molecular weight excluding hydrogens is 593 g/mol. The maximum atomic E-state index is 14.1. The van der Waals surface area contributed by atoms with Crippen molar-refractivity contribution in [2.45, 2.75) is 24.5 Å². The lowest BCUT2D eigenvalue weighted by atomic mass is 10.1. The van der Waals surface area contributed by atoms with Gasteiger partial charge in [-0.25, -0.2) is 13.4 Å². The first kappa shape index (κ1) is 28.8. The molecule has 9 nitrogen and oxygen atoms in total. The third-order valence-electron chi connectivity index (χ3n) is 7.06. The summed E-state index contributed by atoms with van der Waals surface area (Å²) in [7, 11) is -3.97. The minimum Gasteiger partial charge on any atom is -0.347 e. The zero-order chi connectivity index (χ0) is 30.5. The van der Waals surface area contributed by atoms with Gasteiger partial charge in [0.2, 0.25) is 0 Å². The number of carbonyl (C=O) groups excluding carboxylic acids is 1. The monoisotopic (exact) mass is 618 g/mol. The van der Waals surface area contributed by atoms with Crippen LogP contribution in [0.2, 0.25) is 0 Å². The number of nitriles is 1. The number of hydrogen-bond donors (Lipinski definition) is 1. The minimum atomic E-state index is -3.97. The van der Waals surface area contributed by atoms with E-state index in [0.717, 1.165) is 21.2 Å². The standard InChI is InChI=1S/C33H26N6O3S2/c34-17-24-8-10-25(11-9-24)21-38-23-36-20-29(38)22-39(44(41,42)30-6-2-1-3-7-30)28-12-13-31-27(15-28)16-32(43-31)33(40)37-19-26-5-4-14-35-18-26/h1-16,18,20,23H,19,21-22H2,(H,37,40). The molecule has 0 aliphatic heterocycles. The summed E-state index contributed by atoms with van der Waals surface area (Å²) in [6.07, 6.45) is 6.71. The molecule has 0 unspecified atom stereocenters. The molecule has 1 N–H and O–H groups in total. The summed E-state index contributed by atoms with van der Waals surface area (Å²) < 4.78 is 32.3. The van der Waals surface area contributed by atoms with Gasteiger partial charge in [-0.3, -0.25) is 14.1 Å². The Labute approximate surface area is 258 Å². The van der Waals surface area contributed by atoms with Gasteiger partial charge in [0, 0.05) is 36.4 Å². The number of rotatable bonds is 10. The molecule has 6 rings (SSSR count). The van der Waals surface area contributed by atoms with Crippen molar-refractivity contribution in [3.63, 3.8) is 0 Å². The molecule has 0 saturated heterocycles. The Kier molecular flexibility index (Phi) is 8.18. The number of pyridine rings is 1. The Bertz CT molecular complexity index is 2070. The van der Waals surface area contributed by atoms with Crippen LogP contribution in [0.4, 0.5) is 5.69 Å². The number of sulfonamides is 1. The molecule has 0 radical (unpaired) electrons. The number of nitrogens with one attached hydrogen (secondary N) is 1. The van der Waals surface area contributed by atoms with E-state index in [1.165, 1.54) is 15.6 Å². The number of amides is 1. The second-order valence-corrected chi connectivity index (χ2v) is 13.0. The van der Waals surface area contributed by atoms with Crippen LogP contribution < -0.4 is 9.62 Å². The number of benzene rings is 3. The molecule has 44 heavy (non-hydrogen) atoms. The first-order valence-corrected chi connectivity index (χ1v) is 15.9. The van der Waals surface area contributed by atoms with E-state index in [1.54, 1.807) is 85.6 Å². The lowest BCUT2D eigenvalue weighted by molar-refractivity contribution is 0.0955. The minimum absolute atomic E-state index is 0.0294. The maximum Gasteiger partial charge on any atom is 0.264 e.